The molecule has 6 aliphatic rings. The van der Waals surface area contributed by atoms with Gasteiger partial charge in [0.05, 0.1) is 36.8 Å². The highest BCUT2D eigenvalue weighted by Crippen LogP contribution is 2.67. The van der Waals surface area contributed by atoms with E-state index in [0.29, 0.717) is 59.5 Å². The van der Waals surface area contributed by atoms with Crippen LogP contribution in [0.5, 0.6) is 11.5 Å². The molecule has 1 aromatic carbocycles. The third-order valence-electron chi connectivity index (χ3n) is 12.3. The Morgan fingerprint density at radius 1 is 1.02 bits per heavy atom. The quantitative estimate of drug-likeness (QED) is 0.184. The van der Waals surface area contributed by atoms with Crippen LogP contribution in [-0.2, 0) is 16.6 Å². The van der Waals surface area contributed by atoms with E-state index in [-0.39, 0.29) is 69.9 Å². The van der Waals surface area contributed by atoms with Crippen molar-refractivity contribution in [2.24, 2.45) is 11.7 Å². The van der Waals surface area contributed by atoms with E-state index in [9.17, 15) is 29.4 Å². The molecule has 4 amide bonds. The van der Waals surface area contributed by atoms with E-state index in [4.69, 9.17) is 15.2 Å². The molecule has 2 unspecified atom stereocenters. The number of phenols is 1. The second kappa shape index (κ2) is 10.0. The number of likely N-dealkylation sites (tertiary alicyclic amines) is 2. The Morgan fingerprint density at radius 2 is 1.81 bits per heavy atom. The Labute approximate surface area is 295 Å². The molecule has 1 spiro atoms. The van der Waals surface area contributed by atoms with E-state index in [0.717, 1.165) is 28.8 Å². The Bertz CT molecular complexity index is 2430. The van der Waals surface area contributed by atoms with E-state index in [1.807, 2.05) is 13.1 Å². The highest BCUT2D eigenvalue weighted by Gasteiger charge is 2.68. The number of phenolic OH excluding ortho intramolecular Hbond substituents is 1. The first-order valence-corrected chi connectivity index (χ1v) is 17.3. The minimum atomic E-state index is -0.775. The van der Waals surface area contributed by atoms with Crippen LogP contribution in [0.1, 0.15) is 78.2 Å². The molecule has 6 heterocycles. The number of methoxy groups -OCH3 is 2. The fourth-order valence-corrected chi connectivity index (χ4v) is 10.0. The van der Waals surface area contributed by atoms with Crippen LogP contribution in [0.3, 0.4) is 0 Å². The lowest BCUT2D eigenvalue weighted by Crippen LogP contribution is -2.40. The maximum Gasteiger partial charge on any atom is 0.319 e. The average molecular weight is 706 g/mol. The van der Waals surface area contributed by atoms with Crippen LogP contribution in [0.4, 0.5) is 10.5 Å². The highest BCUT2D eigenvalue weighted by atomic mass is 16.5. The number of anilines is 1. The molecule has 3 aliphatic heterocycles. The number of allylic oxidation sites excluding steroid dienone is 2. The number of hydrogen-bond acceptors (Lipinski definition) is 8. The van der Waals surface area contributed by atoms with Crippen molar-refractivity contribution >= 4 is 46.0 Å². The van der Waals surface area contributed by atoms with E-state index in [2.05, 4.69) is 15.0 Å². The molecule has 0 bridgehead atoms. The summed E-state index contributed by atoms with van der Waals surface area (Å²) in [7, 11) is 2.82. The number of aromatic hydroxyl groups is 1. The van der Waals surface area contributed by atoms with Gasteiger partial charge in [0.25, 0.3) is 11.8 Å². The molecule has 10 rings (SSSR count). The molecule has 4 aromatic rings. The molecular formula is C37H35N7O8. The topological polar surface area (TPSA) is 210 Å². The predicted octanol–water partition coefficient (Wildman–Crippen LogP) is 3.67. The molecule has 15 nitrogen and oxygen atoms in total. The molecule has 3 fully saturated rings. The van der Waals surface area contributed by atoms with Crippen LogP contribution < -0.4 is 15.4 Å². The number of hydrogen-bond donors (Lipinski definition) is 6. The number of fused-ring (bicyclic) bond motifs is 7. The molecule has 266 valence electrons. The molecule has 1 saturated carbocycles. The van der Waals surface area contributed by atoms with Gasteiger partial charge in [0.1, 0.15) is 17.4 Å². The van der Waals surface area contributed by atoms with Gasteiger partial charge < -0.3 is 50.2 Å². The van der Waals surface area contributed by atoms with Crippen molar-refractivity contribution in [3.8, 4) is 11.5 Å². The van der Waals surface area contributed by atoms with Gasteiger partial charge in [-0.05, 0) is 66.5 Å². The Kier molecular flexibility index (Phi) is 5.91. The molecule has 3 aliphatic carbocycles. The number of piperidine rings is 1. The number of aliphatic hydroxyl groups is 1. The number of ether oxygens (including phenoxy) is 2. The van der Waals surface area contributed by atoms with E-state index >= 15 is 0 Å². The smallest absolute Gasteiger partial charge is 0.319 e. The van der Waals surface area contributed by atoms with Gasteiger partial charge in [-0.15, -0.1) is 0 Å². The monoisotopic (exact) mass is 705 g/mol. The zero-order chi connectivity index (χ0) is 36.1. The van der Waals surface area contributed by atoms with E-state index in [1.165, 1.54) is 19.1 Å². The summed E-state index contributed by atoms with van der Waals surface area (Å²) in [5, 5.41) is 23.4. The predicted molar refractivity (Wildman–Crippen MR) is 185 cm³/mol. The number of urea groups is 1. The number of primary amides is 1. The van der Waals surface area contributed by atoms with Crippen molar-refractivity contribution in [1.82, 2.24) is 24.8 Å². The fraction of sp³-hybridized carbons (Fsp3) is 0.351. The zero-order valence-electron chi connectivity index (χ0n) is 28.5. The van der Waals surface area contributed by atoms with Crippen molar-refractivity contribution in [2.45, 2.75) is 43.6 Å². The minimum Gasteiger partial charge on any atom is -0.506 e. The van der Waals surface area contributed by atoms with E-state index < -0.39 is 18.0 Å². The van der Waals surface area contributed by atoms with Gasteiger partial charge in [0.2, 0.25) is 5.78 Å². The maximum atomic E-state index is 14.3. The summed E-state index contributed by atoms with van der Waals surface area (Å²) >= 11 is 0. The van der Waals surface area contributed by atoms with Crippen LogP contribution >= 0.6 is 0 Å². The van der Waals surface area contributed by atoms with Crippen molar-refractivity contribution in [3.63, 3.8) is 0 Å². The van der Waals surface area contributed by atoms with Crippen molar-refractivity contribution in [3.05, 3.63) is 80.9 Å². The Hall–Kier alpha value is -6.12. The lowest BCUT2D eigenvalue weighted by Gasteiger charge is -2.32. The third-order valence-corrected chi connectivity index (χ3v) is 12.3. The Balaban J connectivity index is 0.982. The number of aliphatic hydroxyl groups excluding tert-OH is 1. The number of nitrogens with one attached hydrogen (secondary N) is 3. The summed E-state index contributed by atoms with van der Waals surface area (Å²) in [5.41, 5.74) is 11.7. The third kappa shape index (κ3) is 3.59. The number of ketones is 1. The van der Waals surface area contributed by atoms with Crippen molar-refractivity contribution in [2.75, 3.05) is 38.8 Å². The van der Waals surface area contributed by atoms with Crippen molar-refractivity contribution in [1.29, 1.82) is 0 Å². The molecule has 15 heteroatoms. The summed E-state index contributed by atoms with van der Waals surface area (Å²) in [4.78, 5) is 67.8. The number of nitrogens with two attached hydrogens (primary N) is 1. The molecule has 0 radical (unpaired) electrons. The number of benzene rings is 1. The number of H-pyrrole nitrogens is 3. The van der Waals surface area contributed by atoms with Crippen LogP contribution in [0.15, 0.2) is 35.9 Å². The van der Waals surface area contributed by atoms with Gasteiger partial charge in [0, 0.05) is 54.3 Å². The lowest BCUT2D eigenvalue weighted by atomic mass is 9.83. The van der Waals surface area contributed by atoms with Crippen LogP contribution in [0, 0.1) is 12.8 Å². The first kappa shape index (κ1) is 30.7. The second-order valence-electron chi connectivity index (χ2n) is 14.6. The summed E-state index contributed by atoms with van der Waals surface area (Å²) in [5.74, 6) is -1.08. The highest BCUT2D eigenvalue weighted by molar-refractivity contribution is 6.10. The summed E-state index contributed by atoms with van der Waals surface area (Å²) in [6, 6.07) is 1.97. The van der Waals surface area contributed by atoms with E-state index in [1.54, 1.807) is 28.0 Å². The fourth-order valence-electron chi connectivity index (χ4n) is 10.0. The number of aromatic nitrogens is 3. The number of carbonyl (C=O) groups is 4. The van der Waals surface area contributed by atoms with Gasteiger partial charge in [-0.1, -0.05) is 0 Å². The summed E-state index contributed by atoms with van der Waals surface area (Å²) in [6.45, 7) is 3.06. The number of rotatable bonds is 4. The van der Waals surface area contributed by atoms with Gasteiger partial charge in [-0.2, -0.15) is 0 Å². The largest absolute Gasteiger partial charge is 0.506 e. The molecule has 4 atom stereocenters. The first-order valence-electron chi connectivity index (χ1n) is 17.3. The summed E-state index contributed by atoms with van der Waals surface area (Å²) in [6.07, 6.45) is 5.27. The van der Waals surface area contributed by atoms with Crippen LogP contribution in [-0.4, -0.2) is 98.5 Å². The van der Waals surface area contributed by atoms with Gasteiger partial charge in [-0.25, -0.2) is 4.79 Å². The number of aromatic amines is 3. The zero-order valence-corrected chi connectivity index (χ0v) is 28.5. The van der Waals surface area contributed by atoms with Gasteiger partial charge in [-0.3, -0.25) is 19.3 Å². The standard InChI is InChI=1S/C37H35N7O8/c1-14-12-39-27-22(45)10-23-37(24(14)27)11-15(37)13-44(23)35(49)21-9-18-16-4-6-42(28(16)30(46)32(51-2)25(18)41-21)34(48)20-8-19-17-5-7-43(36(38)50)29(17)31(47)33(52-3)26(19)40-20/h8-10,12,15-16,28,39-41,46-47H,4-7,11,13H2,1-3H3,(H2,38,50)/t15-,16?,28?,37+/m1/s1. The molecule has 7 N–H and O–H groups in total. The molecular weight excluding hydrogens is 670 g/mol. The van der Waals surface area contributed by atoms with Crippen LogP contribution in [0.2, 0.25) is 0 Å². The molecule has 52 heavy (non-hydrogen) atoms. The first-order chi connectivity index (χ1) is 25.0. The van der Waals surface area contributed by atoms with Gasteiger partial charge >= 0.3 is 6.03 Å². The normalized spacial score (nSPS) is 25.1. The Morgan fingerprint density at radius 3 is 2.56 bits per heavy atom. The SMILES string of the molecule is COC1=C(O)C2C(CCN2C(=O)c2cc3c4c(c(O)c(OC)c3[nH]2)N(C(N)=O)CC4)c2cc(C(=O)N3C[C@H]4C[C@@]45C3=CC(=O)c3[nH]cc(C)c35)[nH]c21. The summed E-state index contributed by atoms with van der Waals surface area (Å²) < 4.78 is 11.2. The number of carbonyl (C=O) groups excluding carboxylic acids is 4. The lowest BCUT2D eigenvalue weighted by molar-refractivity contribution is 0.0711. The second-order valence-corrected chi connectivity index (χ2v) is 14.6. The molecule has 2 saturated heterocycles. The number of nitrogens with zero attached hydrogens (tertiary/aromatic N) is 3. The number of amides is 4. The van der Waals surface area contributed by atoms with Crippen LogP contribution in [0.25, 0.3) is 16.7 Å². The minimum absolute atomic E-state index is 0.0785. The number of aryl methyl sites for hydroxylation is 1. The van der Waals surface area contributed by atoms with Gasteiger partial charge in [0.15, 0.2) is 23.0 Å². The average Bonchev–Trinajstić information content (AvgIpc) is 3.85. The van der Waals surface area contributed by atoms with Crippen molar-refractivity contribution < 1.29 is 38.9 Å². The maximum absolute atomic E-state index is 14.3. The molecule has 3 aromatic heterocycles.